The maximum absolute atomic E-state index is 5.80. The van der Waals surface area contributed by atoms with Crippen molar-refractivity contribution in [2.75, 3.05) is 20.3 Å². The van der Waals surface area contributed by atoms with Crippen LogP contribution in [0.3, 0.4) is 0 Å². The Bertz CT molecular complexity index is 535. The van der Waals surface area contributed by atoms with Crippen LogP contribution in [0.5, 0.6) is 17.2 Å². The maximum atomic E-state index is 5.80. The van der Waals surface area contributed by atoms with Crippen LogP contribution in [-0.2, 0) is 0 Å². The van der Waals surface area contributed by atoms with Crippen LogP contribution in [0, 0.1) is 0 Å². The molecular weight excluding hydrogens is 266 g/mol. The van der Waals surface area contributed by atoms with E-state index in [-0.39, 0.29) is 6.04 Å². The SMILES string of the molecule is COc1ccc(OCCOc2ccc([C@H](C)N)cc2)cc1. The summed E-state index contributed by atoms with van der Waals surface area (Å²) in [6.45, 7) is 2.93. The number of methoxy groups -OCH3 is 1. The topological polar surface area (TPSA) is 53.7 Å². The molecule has 0 fully saturated rings. The summed E-state index contributed by atoms with van der Waals surface area (Å²) >= 11 is 0. The lowest BCUT2D eigenvalue weighted by Gasteiger charge is -2.10. The van der Waals surface area contributed by atoms with Gasteiger partial charge in [-0.2, -0.15) is 0 Å². The van der Waals surface area contributed by atoms with Crippen molar-refractivity contribution in [2.24, 2.45) is 5.73 Å². The van der Waals surface area contributed by atoms with Gasteiger partial charge in [0.1, 0.15) is 30.5 Å². The normalized spacial score (nSPS) is 11.8. The van der Waals surface area contributed by atoms with Crippen molar-refractivity contribution in [3.05, 3.63) is 54.1 Å². The van der Waals surface area contributed by atoms with Gasteiger partial charge >= 0.3 is 0 Å². The third-order valence-corrected chi connectivity index (χ3v) is 3.09. The molecule has 4 nitrogen and oxygen atoms in total. The molecule has 112 valence electrons. The minimum atomic E-state index is 0.0393. The van der Waals surface area contributed by atoms with Gasteiger partial charge in [0, 0.05) is 6.04 Å². The number of benzene rings is 2. The first kappa shape index (κ1) is 15.2. The molecule has 2 rings (SSSR count). The summed E-state index contributed by atoms with van der Waals surface area (Å²) < 4.78 is 16.3. The zero-order valence-corrected chi connectivity index (χ0v) is 12.4. The molecule has 0 saturated carbocycles. The average Bonchev–Trinajstić information content (AvgIpc) is 2.52. The lowest BCUT2D eigenvalue weighted by atomic mass is 10.1. The van der Waals surface area contributed by atoms with Gasteiger partial charge in [-0.25, -0.2) is 0 Å². The van der Waals surface area contributed by atoms with Crippen LogP contribution in [0.1, 0.15) is 18.5 Å². The summed E-state index contributed by atoms with van der Waals surface area (Å²) in [6, 6.07) is 15.3. The average molecular weight is 287 g/mol. The molecule has 0 aliphatic carbocycles. The molecule has 0 aromatic heterocycles. The van der Waals surface area contributed by atoms with Gasteiger partial charge in [-0.15, -0.1) is 0 Å². The second-order valence-corrected chi connectivity index (χ2v) is 4.73. The van der Waals surface area contributed by atoms with E-state index >= 15 is 0 Å². The first-order valence-electron chi connectivity index (χ1n) is 6.94. The van der Waals surface area contributed by atoms with Crippen molar-refractivity contribution >= 4 is 0 Å². The molecule has 0 radical (unpaired) electrons. The molecule has 0 aliphatic heterocycles. The number of ether oxygens (including phenoxy) is 3. The molecule has 0 spiro atoms. The lowest BCUT2D eigenvalue weighted by Crippen LogP contribution is -2.09. The van der Waals surface area contributed by atoms with Gasteiger partial charge in [0.15, 0.2) is 0 Å². The first-order chi connectivity index (χ1) is 10.2. The van der Waals surface area contributed by atoms with Gasteiger partial charge in [0.2, 0.25) is 0 Å². The van der Waals surface area contributed by atoms with E-state index in [4.69, 9.17) is 19.9 Å². The first-order valence-corrected chi connectivity index (χ1v) is 6.94. The van der Waals surface area contributed by atoms with Crippen molar-refractivity contribution in [3.63, 3.8) is 0 Å². The van der Waals surface area contributed by atoms with E-state index in [1.807, 2.05) is 55.5 Å². The smallest absolute Gasteiger partial charge is 0.122 e. The van der Waals surface area contributed by atoms with Gasteiger partial charge in [-0.1, -0.05) is 12.1 Å². The third-order valence-electron chi connectivity index (χ3n) is 3.09. The monoisotopic (exact) mass is 287 g/mol. The number of nitrogens with two attached hydrogens (primary N) is 1. The highest BCUT2D eigenvalue weighted by Gasteiger charge is 2.00. The Morgan fingerprint density at radius 1 is 0.810 bits per heavy atom. The standard InChI is InChI=1S/C17H21NO3/c1-13(18)14-3-5-16(6-4-14)20-11-12-21-17-9-7-15(19-2)8-10-17/h3-10,13H,11-12,18H2,1-2H3/t13-/m0/s1. The second kappa shape index (κ2) is 7.55. The summed E-state index contributed by atoms with van der Waals surface area (Å²) in [5.74, 6) is 2.43. The largest absolute Gasteiger partial charge is 0.497 e. The molecule has 2 aromatic carbocycles. The highest BCUT2D eigenvalue weighted by molar-refractivity contribution is 5.31. The third kappa shape index (κ3) is 4.68. The van der Waals surface area contributed by atoms with E-state index < -0.39 is 0 Å². The van der Waals surface area contributed by atoms with Gasteiger partial charge in [-0.05, 0) is 48.9 Å². The number of hydrogen-bond donors (Lipinski definition) is 1. The van der Waals surface area contributed by atoms with Crippen LogP contribution in [0.15, 0.2) is 48.5 Å². The lowest BCUT2D eigenvalue weighted by molar-refractivity contribution is 0.217. The van der Waals surface area contributed by atoms with Crippen LogP contribution in [0.25, 0.3) is 0 Å². The summed E-state index contributed by atoms with van der Waals surface area (Å²) in [6.07, 6.45) is 0. The predicted molar refractivity (Wildman–Crippen MR) is 83.0 cm³/mol. The fourth-order valence-electron chi connectivity index (χ4n) is 1.86. The van der Waals surface area contributed by atoms with Gasteiger partial charge < -0.3 is 19.9 Å². The van der Waals surface area contributed by atoms with Crippen molar-refractivity contribution < 1.29 is 14.2 Å². The summed E-state index contributed by atoms with van der Waals surface area (Å²) in [5.41, 5.74) is 6.90. The fraction of sp³-hybridized carbons (Fsp3) is 0.294. The zero-order chi connectivity index (χ0) is 15.1. The molecule has 0 aliphatic rings. The van der Waals surface area contributed by atoms with Crippen LogP contribution in [0.2, 0.25) is 0 Å². The molecule has 4 heteroatoms. The Labute approximate surface area is 125 Å². The Morgan fingerprint density at radius 3 is 1.67 bits per heavy atom. The zero-order valence-electron chi connectivity index (χ0n) is 12.4. The van der Waals surface area contributed by atoms with E-state index in [1.165, 1.54) is 0 Å². The maximum Gasteiger partial charge on any atom is 0.122 e. The molecule has 0 unspecified atom stereocenters. The van der Waals surface area contributed by atoms with Gasteiger partial charge in [0.25, 0.3) is 0 Å². The molecule has 0 heterocycles. The molecule has 0 amide bonds. The van der Waals surface area contributed by atoms with Crippen molar-refractivity contribution in [1.82, 2.24) is 0 Å². The second-order valence-electron chi connectivity index (χ2n) is 4.73. The van der Waals surface area contributed by atoms with E-state index in [2.05, 4.69) is 0 Å². The highest BCUT2D eigenvalue weighted by Crippen LogP contribution is 2.18. The number of hydrogen-bond acceptors (Lipinski definition) is 4. The minimum absolute atomic E-state index is 0.0393. The van der Waals surface area contributed by atoms with Gasteiger partial charge in [0.05, 0.1) is 7.11 Å². The molecule has 1 atom stereocenters. The van der Waals surface area contributed by atoms with E-state index in [0.717, 1.165) is 22.8 Å². The van der Waals surface area contributed by atoms with Crippen molar-refractivity contribution in [2.45, 2.75) is 13.0 Å². The number of rotatable bonds is 7. The van der Waals surface area contributed by atoms with Crippen LogP contribution in [0.4, 0.5) is 0 Å². The van der Waals surface area contributed by atoms with Crippen LogP contribution >= 0.6 is 0 Å². The summed E-state index contributed by atoms with van der Waals surface area (Å²) in [4.78, 5) is 0. The molecule has 2 N–H and O–H groups in total. The molecule has 0 saturated heterocycles. The van der Waals surface area contributed by atoms with Crippen molar-refractivity contribution in [1.29, 1.82) is 0 Å². The molecule has 0 bridgehead atoms. The Kier molecular flexibility index (Phi) is 5.46. The molecular formula is C17H21NO3. The fourth-order valence-corrected chi connectivity index (χ4v) is 1.86. The van der Waals surface area contributed by atoms with Crippen LogP contribution in [-0.4, -0.2) is 20.3 Å². The predicted octanol–water partition coefficient (Wildman–Crippen LogP) is 3.17. The quantitative estimate of drug-likeness (QED) is 0.795. The van der Waals surface area contributed by atoms with Crippen LogP contribution < -0.4 is 19.9 Å². The molecule has 2 aromatic rings. The molecule has 21 heavy (non-hydrogen) atoms. The highest BCUT2D eigenvalue weighted by atomic mass is 16.5. The van der Waals surface area contributed by atoms with E-state index in [0.29, 0.717) is 13.2 Å². The summed E-state index contributed by atoms with van der Waals surface area (Å²) in [7, 11) is 1.64. The summed E-state index contributed by atoms with van der Waals surface area (Å²) in [5, 5.41) is 0. The van der Waals surface area contributed by atoms with Crippen molar-refractivity contribution in [3.8, 4) is 17.2 Å². The van der Waals surface area contributed by atoms with E-state index in [1.54, 1.807) is 7.11 Å². The Balaban J connectivity index is 1.73. The Hall–Kier alpha value is -2.20. The Morgan fingerprint density at radius 2 is 1.24 bits per heavy atom. The van der Waals surface area contributed by atoms with E-state index in [9.17, 15) is 0 Å². The minimum Gasteiger partial charge on any atom is -0.497 e. The van der Waals surface area contributed by atoms with Gasteiger partial charge in [-0.3, -0.25) is 0 Å².